The van der Waals surface area contributed by atoms with E-state index in [9.17, 15) is 5.11 Å². The smallest absolute Gasteiger partial charge is 0.0589 e. The molecule has 0 aromatic heterocycles. The number of aliphatic hydroxyl groups excluding tert-OH is 1. The molecule has 1 heterocycles. The highest BCUT2D eigenvalue weighted by Crippen LogP contribution is 2.25. The van der Waals surface area contributed by atoms with Crippen molar-refractivity contribution in [3.8, 4) is 0 Å². The summed E-state index contributed by atoms with van der Waals surface area (Å²) in [6.45, 7) is 10.0. The Morgan fingerprint density at radius 1 is 1.44 bits per heavy atom. The minimum absolute atomic E-state index is 0.264. The molecule has 0 aromatic carbocycles. The van der Waals surface area contributed by atoms with Crippen LogP contribution in [0.2, 0.25) is 0 Å². The third kappa shape index (κ3) is 3.72. The Balaban J connectivity index is 2.28. The molecule has 1 fully saturated rings. The molecule has 2 atom stereocenters. The van der Waals surface area contributed by atoms with Crippen LogP contribution in [-0.4, -0.2) is 42.3 Å². The van der Waals surface area contributed by atoms with Crippen molar-refractivity contribution in [2.24, 2.45) is 17.1 Å². The molecule has 0 bridgehead atoms. The van der Waals surface area contributed by atoms with E-state index >= 15 is 0 Å². The first kappa shape index (κ1) is 13.9. The Labute approximate surface area is 100 Å². The number of rotatable bonds is 6. The molecule has 1 aliphatic heterocycles. The lowest BCUT2D eigenvalue weighted by Gasteiger charge is -2.27. The van der Waals surface area contributed by atoms with E-state index in [1.54, 1.807) is 0 Å². The summed E-state index contributed by atoms with van der Waals surface area (Å²) in [4.78, 5) is 2.44. The van der Waals surface area contributed by atoms with Crippen LogP contribution in [0.5, 0.6) is 0 Å². The lowest BCUT2D eigenvalue weighted by Crippen LogP contribution is -2.36. The lowest BCUT2D eigenvalue weighted by molar-refractivity contribution is 0.134. The predicted octanol–water partition coefficient (Wildman–Crippen LogP) is 1.45. The highest BCUT2D eigenvalue weighted by molar-refractivity contribution is 4.84. The van der Waals surface area contributed by atoms with Crippen molar-refractivity contribution in [1.82, 2.24) is 4.90 Å². The second kappa shape index (κ2) is 5.99. The normalized spacial score (nSPS) is 27.6. The monoisotopic (exact) mass is 228 g/mol. The van der Waals surface area contributed by atoms with Gasteiger partial charge in [0.15, 0.2) is 0 Å². The molecule has 96 valence electrons. The molecular weight excluding hydrogens is 200 g/mol. The summed E-state index contributed by atoms with van der Waals surface area (Å²) in [6.07, 6.45) is 3.59. The number of hydrogen-bond donors (Lipinski definition) is 2. The van der Waals surface area contributed by atoms with Crippen molar-refractivity contribution in [1.29, 1.82) is 0 Å². The summed E-state index contributed by atoms with van der Waals surface area (Å²) in [6, 6.07) is 0.390. The molecule has 1 aliphatic rings. The van der Waals surface area contributed by atoms with E-state index in [0.717, 1.165) is 19.6 Å². The van der Waals surface area contributed by atoms with E-state index in [4.69, 9.17) is 5.73 Å². The molecular formula is C13H28N2O. The summed E-state index contributed by atoms with van der Waals surface area (Å²) in [5.74, 6) is 0.646. The zero-order valence-electron chi connectivity index (χ0n) is 11.1. The van der Waals surface area contributed by atoms with Gasteiger partial charge in [-0.05, 0) is 50.2 Å². The van der Waals surface area contributed by atoms with Gasteiger partial charge >= 0.3 is 0 Å². The molecule has 0 amide bonds. The molecule has 0 spiro atoms. The molecule has 2 unspecified atom stereocenters. The van der Waals surface area contributed by atoms with E-state index in [1.807, 2.05) is 0 Å². The van der Waals surface area contributed by atoms with Crippen LogP contribution in [0, 0.1) is 11.3 Å². The van der Waals surface area contributed by atoms with Crippen LogP contribution in [0.25, 0.3) is 0 Å². The second-order valence-corrected chi connectivity index (χ2v) is 6.02. The number of aliphatic hydroxyl groups is 1. The van der Waals surface area contributed by atoms with Crippen LogP contribution in [0.3, 0.4) is 0 Å². The first-order valence-corrected chi connectivity index (χ1v) is 6.55. The highest BCUT2D eigenvalue weighted by Gasteiger charge is 2.30. The van der Waals surface area contributed by atoms with E-state index in [-0.39, 0.29) is 5.41 Å². The topological polar surface area (TPSA) is 49.5 Å². The van der Waals surface area contributed by atoms with Crippen LogP contribution in [-0.2, 0) is 0 Å². The maximum atomic E-state index is 9.35. The van der Waals surface area contributed by atoms with Crippen LogP contribution in [0.15, 0.2) is 0 Å². The Morgan fingerprint density at radius 3 is 2.69 bits per heavy atom. The molecule has 0 radical (unpaired) electrons. The highest BCUT2D eigenvalue weighted by atomic mass is 16.3. The standard InChI is InChI=1S/C13H28N2O/c1-11-5-8-15(12(11)9-16)7-4-6-13(2,3)10-14/h11-12,16H,4-10,14H2,1-3H3. The van der Waals surface area contributed by atoms with E-state index < -0.39 is 0 Å². The number of nitrogens with zero attached hydrogens (tertiary/aromatic N) is 1. The Hall–Kier alpha value is -0.120. The van der Waals surface area contributed by atoms with Crippen molar-refractivity contribution in [2.45, 2.75) is 46.1 Å². The van der Waals surface area contributed by atoms with E-state index in [1.165, 1.54) is 19.3 Å². The fourth-order valence-corrected chi connectivity index (χ4v) is 2.52. The van der Waals surface area contributed by atoms with Gasteiger partial charge in [-0.1, -0.05) is 20.8 Å². The minimum Gasteiger partial charge on any atom is -0.395 e. The van der Waals surface area contributed by atoms with Crippen molar-refractivity contribution >= 4 is 0 Å². The molecule has 1 rings (SSSR count). The maximum Gasteiger partial charge on any atom is 0.0589 e. The molecule has 0 aromatic rings. The van der Waals surface area contributed by atoms with E-state index in [0.29, 0.717) is 18.6 Å². The summed E-state index contributed by atoms with van der Waals surface area (Å²) in [5, 5.41) is 9.35. The van der Waals surface area contributed by atoms with Crippen molar-refractivity contribution in [3.05, 3.63) is 0 Å². The number of nitrogens with two attached hydrogens (primary N) is 1. The quantitative estimate of drug-likeness (QED) is 0.723. The van der Waals surface area contributed by atoms with Gasteiger partial charge in [-0.3, -0.25) is 4.90 Å². The van der Waals surface area contributed by atoms with Gasteiger partial charge in [0.05, 0.1) is 6.61 Å². The molecule has 3 N–H and O–H groups in total. The first-order chi connectivity index (χ1) is 7.50. The fraction of sp³-hybridized carbons (Fsp3) is 1.00. The number of likely N-dealkylation sites (tertiary alicyclic amines) is 1. The van der Waals surface area contributed by atoms with Crippen molar-refractivity contribution < 1.29 is 5.11 Å². The molecule has 3 heteroatoms. The molecule has 3 nitrogen and oxygen atoms in total. The summed E-state index contributed by atoms with van der Waals surface area (Å²) < 4.78 is 0. The zero-order valence-corrected chi connectivity index (χ0v) is 11.1. The predicted molar refractivity (Wildman–Crippen MR) is 68.3 cm³/mol. The van der Waals surface area contributed by atoms with Gasteiger partial charge in [0.1, 0.15) is 0 Å². The summed E-state index contributed by atoms with van der Waals surface area (Å²) in [7, 11) is 0. The van der Waals surface area contributed by atoms with Gasteiger partial charge in [-0.25, -0.2) is 0 Å². The molecule has 16 heavy (non-hydrogen) atoms. The summed E-state index contributed by atoms with van der Waals surface area (Å²) >= 11 is 0. The van der Waals surface area contributed by atoms with Gasteiger partial charge in [-0.2, -0.15) is 0 Å². The number of hydrogen-bond acceptors (Lipinski definition) is 3. The average Bonchev–Trinajstić information content (AvgIpc) is 2.59. The third-order valence-corrected chi connectivity index (χ3v) is 4.04. The van der Waals surface area contributed by atoms with Crippen LogP contribution < -0.4 is 5.73 Å². The van der Waals surface area contributed by atoms with Crippen molar-refractivity contribution in [2.75, 3.05) is 26.2 Å². The van der Waals surface area contributed by atoms with Crippen LogP contribution in [0.1, 0.15) is 40.0 Å². The second-order valence-electron chi connectivity index (χ2n) is 6.02. The molecule has 0 saturated carbocycles. The van der Waals surface area contributed by atoms with Crippen LogP contribution >= 0.6 is 0 Å². The Morgan fingerprint density at radius 2 is 2.12 bits per heavy atom. The lowest BCUT2D eigenvalue weighted by atomic mass is 9.88. The molecule has 0 aliphatic carbocycles. The van der Waals surface area contributed by atoms with Gasteiger partial charge in [0.2, 0.25) is 0 Å². The third-order valence-electron chi connectivity index (χ3n) is 4.04. The zero-order chi connectivity index (χ0) is 12.2. The Bertz CT molecular complexity index is 206. The van der Waals surface area contributed by atoms with Gasteiger partial charge in [0, 0.05) is 6.04 Å². The fourth-order valence-electron chi connectivity index (χ4n) is 2.52. The SMILES string of the molecule is CC1CCN(CCCC(C)(C)CN)C1CO. The largest absolute Gasteiger partial charge is 0.395 e. The van der Waals surface area contributed by atoms with Gasteiger partial charge in [-0.15, -0.1) is 0 Å². The first-order valence-electron chi connectivity index (χ1n) is 6.55. The van der Waals surface area contributed by atoms with E-state index in [2.05, 4.69) is 25.7 Å². The van der Waals surface area contributed by atoms with Gasteiger partial charge < -0.3 is 10.8 Å². The minimum atomic E-state index is 0.264. The Kier molecular flexibility index (Phi) is 5.22. The maximum absolute atomic E-state index is 9.35. The average molecular weight is 228 g/mol. The summed E-state index contributed by atoms with van der Waals surface area (Å²) in [5.41, 5.74) is 5.99. The molecule has 1 saturated heterocycles. The van der Waals surface area contributed by atoms with Gasteiger partial charge in [0.25, 0.3) is 0 Å². The van der Waals surface area contributed by atoms with Crippen LogP contribution in [0.4, 0.5) is 0 Å². The van der Waals surface area contributed by atoms with Crippen molar-refractivity contribution in [3.63, 3.8) is 0 Å².